The maximum absolute atomic E-state index is 13.6. The van der Waals surface area contributed by atoms with Gasteiger partial charge in [0.2, 0.25) is 5.91 Å². The number of anilines is 1. The van der Waals surface area contributed by atoms with Gasteiger partial charge >= 0.3 is 0 Å². The minimum atomic E-state index is -0.929. The molecule has 0 spiro atoms. The molecule has 2 amide bonds. The number of rotatable bonds is 8. The Morgan fingerprint density at radius 1 is 1.23 bits per heavy atom. The Balaban J connectivity index is 1.51. The Labute approximate surface area is 173 Å². The maximum atomic E-state index is 13.6. The summed E-state index contributed by atoms with van der Waals surface area (Å²) in [4.78, 5) is 24.3. The maximum Gasteiger partial charge on any atom is 0.254 e. The Kier molecular flexibility index (Phi) is 6.87. The van der Waals surface area contributed by atoms with Gasteiger partial charge in [-0.3, -0.25) is 9.59 Å². The molecule has 0 saturated carbocycles. The average molecular weight is 418 g/mol. The number of carbonyl (C=O) groups excluding carboxylic acids is 2. The van der Waals surface area contributed by atoms with Crippen LogP contribution in [0.15, 0.2) is 30.3 Å². The van der Waals surface area contributed by atoms with Crippen molar-refractivity contribution in [1.82, 2.24) is 5.32 Å². The number of halogens is 2. The van der Waals surface area contributed by atoms with Crippen LogP contribution in [0.3, 0.4) is 0 Å². The lowest BCUT2D eigenvalue weighted by Crippen LogP contribution is -2.26. The molecule has 0 aliphatic carbocycles. The second-order valence-corrected chi connectivity index (χ2v) is 7.05. The van der Waals surface area contributed by atoms with E-state index in [1.807, 2.05) is 19.9 Å². The van der Waals surface area contributed by atoms with Crippen LogP contribution in [0.1, 0.15) is 42.6 Å². The van der Waals surface area contributed by atoms with E-state index in [1.54, 1.807) is 6.07 Å². The highest BCUT2D eigenvalue weighted by Gasteiger charge is 2.22. The molecule has 0 radical (unpaired) electrons. The molecule has 1 heterocycles. The standard InChI is InChI=1S/C22H24F2N2O4/c1-3-29-20-10-14-9-13(2)30-19(14)12-18(20)26-21(27)5-4-8-25-22(28)16-7-6-15(23)11-17(16)24/h6-7,10-13H,3-5,8-9H2,1-2H3,(H,25,28)(H,26,27). The topological polar surface area (TPSA) is 76.7 Å². The van der Waals surface area contributed by atoms with Crippen molar-refractivity contribution in [3.05, 3.63) is 53.1 Å². The van der Waals surface area contributed by atoms with E-state index >= 15 is 0 Å². The summed E-state index contributed by atoms with van der Waals surface area (Å²) in [5.74, 6) is -1.27. The molecule has 160 valence electrons. The number of ether oxygens (including phenoxy) is 2. The molecule has 0 fully saturated rings. The zero-order valence-corrected chi connectivity index (χ0v) is 16.9. The smallest absolute Gasteiger partial charge is 0.254 e. The molecule has 0 aromatic heterocycles. The second-order valence-electron chi connectivity index (χ2n) is 7.05. The highest BCUT2D eigenvalue weighted by molar-refractivity contribution is 5.95. The third-order valence-electron chi connectivity index (χ3n) is 4.61. The van der Waals surface area contributed by atoms with Gasteiger partial charge in [-0.1, -0.05) is 0 Å². The van der Waals surface area contributed by atoms with Crippen molar-refractivity contribution in [3.63, 3.8) is 0 Å². The molecule has 0 saturated heterocycles. The molecule has 2 aromatic carbocycles. The summed E-state index contributed by atoms with van der Waals surface area (Å²) in [5.41, 5.74) is 1.33. The summed E-state index contributed by atoms with van der Waals surface area (Å²) in [6.07, 6.45) is 1.36. The molecule has 1 aliphatic heterocycles. The molecule has 2 N–H and O–H groups in total. The first-order valence-corrected chi connectivity index (χ1v) is 9.86. The third-order valence-corrected chi connectivity index (χ3v) is 4.61. The van der Waals surface area contributed by atoms with Crippen LogP contribution in [-0.4, -0.2) is 31.1 Å². The number of hydrogen-bond acceptors (Lipinski definition) is 4. The van der Waals surface area contributed by atoms with Gasteiger partial charge in [0.25, 0.3) is 5.91 Å². The lowest BCUT2D eigenvalue weighted by Gasteiger charge is -2.13. The first-order chi connectivity index (χ1) is 14.4. The number of benzene rings is 2. The van der Waals surface area contributed by atoms with Crippen LogP contribution in [-0.2, 0) is 11.2 Å². The van der Waals surface area contributed by atoms with Crippen LogP contribution in [0.25, 0.3) is 0 Å². The summed E-state index contributed by atoms with van der Waals surface area (Å²) in [5, 5.41) is 5.34. The Morgan fingerprint density at radius 2 is 2.03 bits per heavy atom. The van der Waals surface area contributed by atoms with Crippen LogP contribution in [0.5, 0.6) is 11.5 Å². The molecular formula is C22H24F2N2O4. The first kappa shape index (κ1) is 21.5. The molecule has 30 heavy (non-hydrogen) atoms. The van der Waals surface area contributed by atoms with Gasteiger partial charge in [-0.2, -0.15) is 0 Å². The van der Waals surface area contributed by atoms with E-state index in [0.29, 0.717) is 30.5 Å². The van der Waals surface area contributed by atoms with E-state index in [2.05, 4.69) is 10.6 Å². The van der Waals surface area contributed by atoms with Crippen molar-refractivity contribution in [3.8, 4) is 11.5 Å². The van der Waals surface area contributed by atoms with Crippen molar-refractivity contribution in [2.24, 2.45) is 0 Å². The molecule has 0 bridgehead atoms. The van der Waals surface area contributed by atoms with Gasteiger partial charge in [-0.05, 0) is 38.5 Å². The number of amides is 2. The second kappa shape index (κ2) is 9.56. The molecular weight excluding hydrogens is 394 g/mol. The Hall–Kier alpha value is -3.16. The minimum Gasteiger partial charge on any atom is -0.492 e. The van der Waals surface area contributed by atoms with Gasteiger partial charge in [0.15, 0.2) is 0 Å². The number of carbonyl (C=O) groups is 2. The molecule has 8 heteroatoms. The monoisotopic (exact) mass is 418 g/mol. The van der Waals surface area contributed by atoms with Gasteiger partial charge in [0.05, 0.1) is 17.9 Å². The van der Waals surface area contributed by atoms with Gasteiger partial charge < -0.3 is 20.1 Å². The normalized spacial score (nSPS) is 14.6. The SMILES string of the molecule is CCOc1cc2c(cc1NC(=O)CCCNC(=O)c1ccc(F)cc1F)OC(C)C2. The summed E-state index contributed by atoms with van der Waals surface area (Å²) < 4.78 is 37.9. The minimum absolute atomic E-state index is 0.0787. The van der Waals surface area contributed by atoms with Crippen molar-refractivity contribution in [1.29, 1.82) is 0 Å². The molecule has 1 atom stereocenters. The quantitative estimate of drug-likeness (QED) is 0.639. The predicted molar refractivity (Wildman–Crippen MR) is 108 cm³/mol. The Morgan fingerprint density at radius 3 is 2.77 bits per heavy atom. The van der Waals surface area contributed by atoms with E-state index in [-0.39, 0.29) is 30.5 Å². The van der Waals surface area contributed by atoms with Crippen molar-refractivity contribution >= 4 is 17.5 Å². The lowest BCUT2D eigenvalue weighted by atomic mass is 10.1. The number of fused-ring (bicyclic) bond motifs is 1. The van der Waals surface area contributed by atoms with Crippen molar-refractivity contribution in [2.75, 3.05) is 18.5 Å². The Bertz CT molecular complexity index is 949. The summed E-state index contributed by atoms with van der Waals surface area (Å²) in [6.45, 7) is 4.48. The molecule has 1 unspecified atom stereocenters. The molecule has 6 nitrogen and oxygen atoms in total. The lowest BCUT2D eigenvalue weighted by molar-refractivity contribution is -0.116. The van der Waals surface area contributed by atoms with E-state index in [0.717, 1.165) is 29.9 Å². The summed E-state index contributed by atoms with van der Waals surface area (Å²) >= 11 is 0. The summed E-state index contributed by atoms with van der Waals surface area (Å²) in [7, 11) is 0. The predicted octanol–water partition coefficient (Wildman–Crippen LogP) is 3.84. The van der Waals surface area contributed by atoms with E-state index < -0.39 is 17.5 Å². The number of nitrogens with one attached hydrogen (secondary N) is 2. The van der Waals surface area contributed by atoms with Crippen LogP contribution in [0.4, 0.5) is 14.5 Å². The van der Waals surface area contributed by atoms with Crippen LogP contribution >= 0.6 is 0 Å². The van der Waals surface area contributed by atoms with Crippen molar-refractivity contribution < 1.29 is 27.8 Å². The first-order valence-electron chi connectivity index (χ1n) is 9.86. The largest absolute Gasteiger partial charge is 0.492 e. The molecule has 2 aromatic rings. The molecule has 1 aliphatic rings. The van der Waals surface area contributed by atoms with Crippen LogP contribution in [0.2, 0.25) is 0 Å². The third kappa shape index (κ3) is 5.25. The fourth-order valence-corrected chi connectivity index (χ4v) is 3.24. The zero-order valence-electron chi connectivity index (χ0n) is 16.9. The van der Waals surface area contributed by atoms with E-state index in [1.165, 1.54) is 0 Å². The van der Waals surface area contributed by atoms with Crippen LogP contribution < -0.4 is 20.1 Å². The average Bonchev–Trinajstić information content (AvgIpc) is 3.04. The van der Waals surface area contributed by atoms with Crippen molar-refractivity contribution in [2.45, 2.75) is 39.2 Å². The highest BCUT2D eigenvalue weighted by Crippen LogP contribution is 2.38. The fraction of sp³-hybridized carbons (Fsp3) is 0.364. The van der Waals surface area contributed by atoms with E-state index in [4.69, 9.17) is 9.47 Å². The van der Waals surface area contributed by atoms with Gasteiger partial charge in [0, 0.05) is 37.1 Å². The van der Waals surface area contributed by atoms with Gasteiger partial charge in [-0.25, -0.2) is 8.78 Å². The van der Waals surface area contributed by atoms with Crippen LogP contribution in [0, 0.1) is 11.6 Å². The van der Waals surface area contributed by atoms with Gasteiger partial charge in [0.1, 0.15) is 29.2 Å². The molecule has 3 rings (SSSR count). The zero-order chi connectivity index (χ0) is 21.7. The van der Waals surface area contributed by atoms with Gasteiger partial charge in [-0.15, -0.1) is 0 Å². The summed E-state index contributed by atoms with van der Waals surface area (Å²) in [6, 6.07) is 6.40. The highest BCUT2D eigenvalue weighted by atomic mass is 19.1. The fourth-order valence-electron chi connectivity index (χ4n) is 3.24. The number of hydrogen-bond donors (Lipinski definition) is 2. The van der Waals surface area contributed by atoms with E-state index in [9.17, 15) is 18.4 Å².